The van der Waals surface area contributed by atoms with Crippen LogP contribution in [-0.2, 0) is 0 Å². The third-order valence-corrected chi connectivity index (χ3v) is 3.09. The number of nitrogens with one attached hydrogen (secondary N) is 1. The van der Waals surface area contributed by atoms with Crippen LogP contribution in [0.1, 0.15) is 10.6 Å². The number of nitro groups is 1. The summed E-state index contributed by atoms with van der Waals surface area (Å²) in [6.45, 7) is 0. The Bertz CT molecular complexity index is 579. The highest BCUT2D eigenvalue weighted by molar-refractivity contribution is 9.11. The van der Waals surface area contributed by atoms with Crippen LogP contribution in [0.5, 0.6) is 0 Å². The lowest BCUT2D eigenvalue weighted by molar-refractivity contribution is -0.402. The third-order valence-electron chi connectivity index (χ3n) is 1.69. The largest absolute Gasteiger partial charge is 0.433 e. The average molecular weight is 318 g/mol. The molecule has 88 valence electrons. The number of thiazole rings is 1. The molecule has 9 heteroatoms. The molecule has 1 N–H and O–H groups in total. The first-order valence-corrected chi connectivity index (χ1v) is 5.84. The first-order valence-electron chi connectivity index (χ1n) is 4.23. The highest BCUT2D eigenvalue weighted by atomic mass is 79.9. The van der Waals surface area contributed by atoms with E-state index in [4.69, 9.17) is 4.42 Å². The van der Waals surface area contributed by atoms with Crippen molar-refractivity contribution in [3.8, 4) is 0 Å². The van der Waals surface area contributed by atoms with Gasteiger partial charge in [-0.05, 0) is 22.0 Å². The zero-order valence-corrected chi connectivity index (χ0v) is 10.4. The van der Waals surface area contributed by atoms with Crippen molar-refractivity contribution in [2.45, 2.75) is 0 Å². The minimum atomic E-state index is -0.712. The van der Waals surface area contributed by atoms with Crippen LogP contribution >= 0.6 is 27.3 Å². The van der Waals surface area contributed by atoms with Gasteiger partial charge in [-0.1, -0.05) is 11.3 Å². The Morgan fingerprint density at radius 2 is 2.35 bits per heavy atom. The fraction of sp³-hybridized carbons (Fsp3) is 0. The topological polar surface area (TPSA) is 98.3 Å². The Morgan fingerprint density at radius 1 is 1.59 bits per heavy atom. The third kappa shape index (κ3) is 2.68. The van der Waals surface area contributed by atoms with E-state index in [1.165, 1.54) is 23.6 Å². The van der Waals surface area contributed by atoms with Crippen molar-refractivity contribution in [3.63, 3.8) is 0 Å². The number of rotatable bonds is 3. The van der Waals surface area contributed by atoms with Gasteiger partial charge in [-0.25, -0.2) is 4.98 Å². The Balaban J connectivity index is 2.11. The lowest BCUT2D eigenvalue weighted by atomic mass is 10.4. The number of carbonyl (C=O) groups is 1. The number of nitrogens with zero attached hydrogens (tertiary/aromatic N) is 2. The van der Waals surface area contributed by atoms with Gasteiger partial charge in [-0.2, -0.15) is 0 Å². The van der Waals surface area contributed by atoms with Gasteiger partial charge in [0, 0.05) is 0 Å². The molecule has 0 fully saturated rings. The predicted octanol–water partition coefficient (Wildman–Crippen LogP) is 2.66. The van der Waals surface area contributed by atoms with Gasteiger partial charge in [0.1, 0.15) is 4.92 Å². The SMILES string of the molecule is O=C(Nc1ncc(Br)s1)c1ccc([N+](=O)[O-])o1. The van der Waals surface area contributed by atoms with E-state index in [2.05, 4.69) is 26.2 Å². The van der Waals surface area contributed by atoms with Crippen LogP contribution in [0.4, 0.5) is 11.0 Å². The van der Waals surface area contributed by atoms with Gasteiger partial charge in [0.2, 0.25) is 0 Å². The van der Waals surface area contributed by atoms with Gasteiger partial charge in [-0.3, -0.25) is 20.2 Å². The molecule has 0 unspecified atom stereocenters. The second-order valence-electron chi connectivity index (χ2n) is 2.82. The molecule has 2 aromatic rings. The summed E-state index contributed by atoms with van der Waals surface area (Å²) in [7, 11) is 0. The number of hydrogen-bond donors (Lipinski definition) is 1. The lowest BCUT2D eigenvalue weighted by Crippen LogP contribution is -2.10. The zero-order chi connectivity index (χ0) is 12.4. The smallest absolute Gasteiger partial charge is 0.395 e. The Hall–Kier alpha value is -1.74. The molecule has 0 radical (unpaired) electrons. The maximum Gasteiger partial charge on any atom is 0.433 e. The summed E-state index contributed by atoms with van der Waals surface area (Å²) in [5.74, 6) is -1.20. The Labute approximate surface area is 107 Å². The Morgan fingerprint density at radius 3 is 2.88 bits per heavy atom. The minimum absolute atomic E-state index is 0.136. The summed E-state index contributed by atoms with van der Waals surface area (Å²) in [5, 5.41) is 13.2. The molecule has 0 saturated heterocycles. The van der Waals surface area contributed by atoms with Gasteiger partial charge in [0.05, 0.1) is 16.0 Å². The summed E-state index contributed by atoms with van der Waals surface area (Å²) in [4.78, 5) is 25.1. The summed E-state index contributed by atoms with van der Waals surface area (Å²) in [6, 6.07) is 2.35. The van der Waals surface area contributed by atoms with E-state index < -0.39 is 16.7 Å². The molecular weight excluding hydrogens is 314 g/mol. The molecule has 2 aromatic heterocycles. The molecule has 0 bridgehead atoms. The van der Waals surface area contributed by atoms with Crippen LogP contribution in [-0.4, -0.2) is 15.8 Å². The molecule has 7 nitrogen and oxygen atoms in total. The maximum atomic E-state index is 11.6. The van der Waals surface area contributed by atoms with E-state index in [0.29, 0.717) is 5.13 Å². The van der Waals surface area contributed by atoms with Crippen molar-refractivity contribution in [2.24, 2.45) is 0 Å². The summed E-state index contributed by atoms with van der Waals surface area (Å²) in [6.07, 6.45) is 1.53. The molecule has 2 rings (SSSR count). The fourth-order valence-electron chi connectivity index (χ4n) is 1.02. The molecule has 1 amide bonds. The van der Waals surface area contributed by atoms with E-state index in [1.807, 2.05) is 0 Å². The number of halogens is 1. The summed E-state index contributed by atoms with van der Waals surface area (Å²) >= 11 is 4.42. The molecule has 0 aliphatic heterocycles. The van der Waals surface area contributed by atoms with Crippen LogP contribution in [0, 0.1) is 10.1 Å². The second kappa shape index (κ2) is 4.63. The normalized spacial score (nSPS) is 10.2. The number of anilines is 1. The standard InChI is InChI=1S/C8H4BrN3O4S/c9-5-3-10-8(17-5)11-7(13)4-1-2-6(16-4)12(14)15/h1-3H,(H,10,11,13). The number of furan rings is 1. The van der Waals surface area contributed by atoms with Gasteiger partial charge in [0.25, 0.3) is 5.91 Å². The molecular formula is C8H4BrN3O4S. The van der Waals surface area contributed by atoms with Crippen LogP contribution in [0.25, 0.3) is 0 Å². The quantitative estimate of drug-likeness (QED) is 0.693. The number of aromatic nitrogens is 1. The average Bonchev–Trinajstić information content (AvgIpc) is 2.86. The summed E-state index contributed by atoms with van der Waals surface area (Å²) in [5.41, 5.74) is 0. The van der Waals surface area contributed by atoms with Gasteiger partial charge in [-0.15, -0.1) is 0 Å². The number of hydrogen-bond acceptors (Lipinski definition) is 6. The van der Waals surface area contributed by atoms with E-state index in [-0.39, 0.29) is 5.76 Å². The molecule has 2 heterocycles. The van der Waals surface area contributed by atoms with Crippen LogP contribution in [0.3, 0.4) is 0 Å². The Kier molecular flexibility index (Phi) is 3.20. The first kappa shape index (κ1) is 11.7. The molecule has 0 aliphatic rings. The molecule has 0 atom stereocenters. The first-order chi connectivity index (χ1) is 8.06. The summed E-state index contributed by atoms with van der Waals surface area (Å²) < 4.78 is 5.50. The van der Waals surface area contributed by atoms with Crippen molar-refractivity contribution in [1.29, 1.82) is 0 Å². The predicted molar refractivity (Wildman–Crippen MR) is 63.1 cm³/mol. The second-order valence-corrected chi connectivity index (χ2v) is 5.23. The van der Waals surface area contributed by atoms with Gasteiger partial charge in [0.15, 0.2) is 10.9 Å². The lowest BCUT2D eigenvalue weighted by Gasteiger charge is -1.96. The number of amides is 1. The van der Waals surface area contributed by atoms with Crippen LogP contribution in [0.2, 0.25) is 0 Å². The molecule has 0 aromatic carbocycles. The van der Waals surface area contributed by atoms with E-state index >= 15 is 0 Å². The van der Waals surface area contributed by atoms with Gasteiger partial charge < -0.3 is 4.42 Å². The fourth-order valence-corrected chi connectivity index (χ4v) is 2.12. The monoisotopic (exact) mass is 317 g/mol. The maximum absolute atomic E-state index is 11.6. The highest BCUT2D eigenvalue weighted by Crippen LogP contribution is 2.24. The highest BCUT2D eigenvalue weighted by Gasteiger charge is 2.18. The van der Waals surface area contributed by atoms with Crippen molar-refractivity contribution < 1.29 is 14.1 Å². The van der Waals surface area contributed by atoms with Crippen LogP contribution < -0.4 is 5.32 Å². The molecule has 0 spiro atoms. The van der Waals surface area contributed by atoms with Crippen molar-refractivity contribution in [3.05, 3.63) is 38.0 Å². The van der Waals surface area contributed by atoms with Gasteiger partial charge >= 0.3 is 5.88 Å². The number of carbonyl (C=O) groups excluding carboxylic acids is 1. The van der Waals surface area contributed by atoms with Crippen molar-refractivity contribution in [1.82, 2.24) is 4.98 Å². The van der Waals surface area contributed by atoms with Crippen molar-refractivity contribution >= 4 is 44.2 Å². The zero-order valence-electron chi connectivity index (χ0n) is 8.05. The van der Waals surface area contributed by atoms with Crippen LogP contribution in [0.15, 0.2) is 26.5 Å². The van der Waals surface area contributed by atoms with E-state index in [0.717, 1.165) is 9.85 Å². The van der Waals surface area contributed by atoms with Crippen molar-refractivity contribution in [2.75, 3.05) is 5.32 Å². The molecule has 17 heavy (non-hydrogen) atoms. The van der Waals surface area contributed by atoms with E-state index in [1.54, 1.807) is 0 Å². The molecule has 0 aliphatic carbocycles. The molecule has 0 saturated carbocycles. The minimum Gasteiger partial charge on any atom is -0.395 e. The van der Waals surface area contributed by atoms with E-state index in [9.17, 15) is 14.9 Å².